The minimum absolute atomic E-state index is 0.0464. The summed E-state index contributed by atoms with van der Waals surface area (Å²) in [5.41, 5.74) is -0.820. The van der Waals surface area contributed by atoms with Crippen molar-refractivity contribution in [3.63, 3.8) is 0 Å². The van der Waals surface area contributed by atoms with Gasteiger partial charge in [0.05, 0.1) is 25.8 Å². The van der Waals surface area contributed by atoms with Crippen LogP contribution in [0.5, 0.6) is 5.75 Å². The number of ether oxygens (including phenoxy) is 2. The van der Waals surface area contributed by atoms with Gasteiger partial charge in [-0.3, -0.25) is 9.59 Å². The van der Waals surface area contributed by atoms with Gasteiger partial charge in [0.15, 0.2) is 23.2 Å². The van der Waals surface area contributed by atoms with Gasteiger partial charge in [0.25, 0.3) is 0 Å². The van der Waals surface area contributed by atoms with Crippen LogP contribution in [0.2, 0.25) is 0 Å². The molecule has 1 N–H and O–H groups in total. The van der Waals surface area contributed by atoms with Crippen LogP contribution in [-0.2, 0) is 14.3 Å². The van der Waals surface area contributed by atoms with E-state index in [0.717, 1.165) is 7.11 Å². The third kappa shape index (κ3) is 3.74. The average molecular weight is 319 g/mol. The summed E-state index contributed by atoms with van der Waals surface area (Å²) in [7, 11) is 0.901. The van der Waals surface area contributed by atoms with Crippen molar-refractivity contribution in [2.45, 2.75) is 6.92 Å². The molecule has 1 rings (SSSR count). The fourth-order valence-corrected chi connectivity index (χ4v) is 1.49. The number of carbonyl (C=O) groups excluding carboxylic acids is 3. The number of hydrogen-bond donors (Lipinski definition) is 1. The summed E-state index contributed by atoms with van der Waals surface area (Å²) in [6.07, 6.45) is 0. The molecular formula is C13H12F3NO5. The highest BCUT2D eigenvalue weighted by Gasteiger charge is 2.24. The predicted molar refractivity (Wildman–Crippen MR) is 66.8 cm³/mol. The van der Waals surface area contributed by atoms with E-state index in [4.69, 9.17) is 0 Å². The highest BCUT2D eigenvalue weighted by Crippen LogP contribution is 2.27. The number of hydrogen-bond acceptors (Lipinski definition) is 5. The number of carbonyl (C=O) groups is 3. The van der Waals surface area contributed by atoms with E-state index in [9.17, 15) is 27.6 Å². The maximum absolute atomic E-state index is 13.8. The molecule has 0 aliphatic carbocycles. The van der Waals surface area contributed by atoms with Crippen LogP contribution in [-0.4, -0.2) is 37.9 Å². The van der Waals surface area contributed by atoms with Crippen LogP contribution in [0.15, 0.2) is 6.07 Å². The highest BCUT2D eigenvalue weighted by atomic mass is 19.2. The Morgan fingerprint density at radius 1 is 1.18 bits per heavy atom. The number of methoxy groups -OCH3 is 1. The van der Waals surface area contributed by atoms with Gasteiger partial charge in [-0.05, 0) is 13.0 Å². The van der Waals surface area contributed by atoms with Crippen LogP contribution in [0.25, 0.3) is 0 Å². The molecule has 0 radical (unpaired) electrons. The maximum atomic E-state index is 13.8. The number of amides is 1. The minimum atomic E-state index is -1.58. The van der Waals surface area contributed by atoms with Crippen molar-refractivity contribution in [2.24, 2.45) is 0 Å². The molecule has 120 valence electrons. The molecule has 0 aliphatic heterocycles. The Balaban J connectivity index is 2.89. The Labute approximate surface area is 123 Å². The minimum Gasteiger partial charge on any atom is -0.491 e. The molecule has 0 aliphatic rings. The molecule has 0 aromatic heterocycles. The largest absolute Gasteiger partial charge is 0.491 e. The van der Waals surface area contributed by atoms with Gasteiger partial charge in [0, 0.05) is 0 Å². The summed E-state index contributed by atoms with van der Waals surface area (Å²) in [5.74, 6) is -9.04. The number of Topliss-reactive ketones (excluding diaryl/α,β-unsaturated/α-hetero) is 1. The van der Waals surface area contributed by atoms with Gasteiger partial charge >= 0.3 is 11.9 Å². The number of ketones is 1. The van der Waals surface area contributed by atoms with Gasteiger partial charge in [-0.15, -0.1) is 0 Å². The van der Waals surface area contributed by atoms with Crippen molar-refractivity contribution >= 4 is 17.7 Å². The lowest BCUT2D eigenvalue weighted by molar-refractivity contribution is -0.154. The topological polar surface area (TPSA) is 81.7 Å². The van der Waals surface area contributed by atoms with Crippen LogP contribution in [0, 0.1) is 17.5 Å². The fraction of sp³-hybridized carbons (Fsp3) is 0.308. The van der Waals surface area contributed by atoms with Gasteiger partial charge < -0.3 is 14.8 Å². The van der Waals surface area contributed by atoms with E-state index in [2.05, 4.69) is 9.47 Å². The third-order valence-corrected chi connectivity index (χ3v) is 2.49. The Morgan fingerprint density at radius 3 is 2.36 bits per heavy atom. The lowest BCUT2D eigenvalue weighted by Gasteiger charge is -2.09. The molecule has 22 heavy (non-hydrogen) atoms. The second-order valence-corrected chi connectivity index (χ2v) is 3.89. The molecule has 0 atom stereocenters. The van der Waals surface area contributed by atoms with E-state index in [1.807, 2.05) is 5.32 Å². The number of halogens is 3. The number of esters is 1. The second-order valence-electron chi connectivity index (χ2n) is 3.89. The Hall–Kier alpha value is -2.58. The summed E-state index contributed by atoms with van der Waals surface area (Å²) < 4.78 is 49.0. The van der Waals surface area contributed by atoms with Gasteiger partial charge in [-0.25, -0.2) is 13.6 Å². The summed E-state index contributed by atoms with van der Waals surface area (Å²) in [5, 5.41) is 1.88. The first kappa shape index (κ1) is 17.5. The predicted octanol–water partition coefficient (Wildman–Crippen LogP) is 0.974. The quantitative estimate of drug-likeness (QED) is 0.379. The molecule has 0 saturated heterocycles. The Morgan fingerprint density at radius 2 is 1.82 bits per heavy atom. The molecule has 9 heteroatoms. The zero-order valence-electron chi connectivity index (χ0n) is 11.7. The van der Waals surface area contributed by atoms with E-state index in [1.54, 1.807) is 0 Å². The molecular weight excluding hydrogens is 307 g/mol. The van der Waals surface area contributed by atoms with Gasteiger partial charge in [-0.1, -0.05) is 0 Å². The van der Waals surface area contributed by atoms with Crippen LogP contribution < -0.4 is 10.1 Å². The van der Waals surface area contributed by atoms with Crippen molar-refractivity contribution < 1.29 is 37.0 Å². The number of benzene rings is 1. The van der Waals surface area contributed by atoms with E-state index < -0.39 is 53.0 Å². The molecule has 1 aromatic rings. The first-order valence-electron chi connectivity index (χ1n) is 6.03. The van der Waals surface area contributed by atoms with Gasteiger partial charge in [0.1, 0.15) is 0 Å². The Bertz CT molecular complexity index is 618. The normalized spacial score (nSPS) is 10.0. The monoisotopic (exact) mass is 319 g/mol. The third-order valence-electron chi connectivity index (χ3n) is 2.49. The molecule has 0 heterocycles. The molecule has 0 bridgehead atoms. The zero-order valence-corrected chi connectivity index (χ0v) is 11.7. The standard InChI is InChI=1S/C13H12F3NO5/c1-3-22-13(20)12(19)17-5-8(18)6-4-7(14)10(16)11(21-2)9(6)15/h4H,3,5H2,1-2H3,(H,17,19). The highest BCUT2D eigenvalue weighted by molar-refractivity contribution is 6.32. The van der Waals surface area contributed by atoms with Crippen LogP contribution in [0.3, 0.4) is 0 Å². The molecule has 0 spiro atoms. The first-order chi connectivity index (χ1) is 10.3. The van der Waals surface area contributed by atoms with Gasteiger partial charge in [0.2, 0.25) is 5.82 Å². The lowest BCUT2D eigenvalue weighted by atomic mass is 10.1. The second kappa shape index (κ2) is 7.43. The summed E-state index contributed by atoms with van der Waals surface area (Å²) in [4.78, 5) is 33.9. The van der Waals surface area contributed by atoms with Crippen molar-refractivity contribution in [2.75, 3.05) is 20.3 Å². The number of nitrogens with one attached hydrogen (secondary N) is 1. The van der Waals surface area contributed by atoms with Crippen molar-refractivity contribution in [1.82, 2.24) is 5.32 Å². The average Bonchev–Trinajstić information content (AvgIpc) is 2.49. The SMILES string of the molecule is CCOC(=O)C(=O)NCC(=O)c1cc(F)c(F)c(OC)c1F. The van der Waals surface area contributed by atoms with E-state index in [-0.39, 0.29) is 6.61 Å². The molecule has 0 fully saturated rings. The molecule has 0 saturated carbocycles. The van der Waals surface area contributed by atoms with Gasteiger partial charge in [-0.2, -0.15) is 4.39 Å². The first-order valence-corrected chi connectivity index (χ1v) is 6.03. The molecule has 1 amide bonds. The summed E-state index contributed by atoms with van der Waals surface area (Å²) >= 11 is 0. The van der Waals surface area contributed by atoms with Crippen molar-refractivity contribution in [3.8, 4) is 5.75 Å². The van der Waals surface area contributed by atoms with Crippen molar-refractivity contribution in [3.05, 3.63) is 29.1 Å². The van der Waals surface area contributed by atoms with E-state index >= 15 is 0 Å². The summed E-state index contributed by atoms with van der Waals surface area (Å²) in [6, 6.07) is 0.339. The van der Waals surface area contributed by atoms with Crippen LogP contribution in [0.1, 0.15) is 17.3 Å². The zero-order chi connectivity index (χ0) is 16.9. The van der Waals surface area contributed by atoms with Crippen LogP contribution >= 0.6 is 0 Å². The Kier molecular flexibility index (Phi) is 5.90. The molecule has 1 aromatic carbocycles. The smallest absolute Gasteiger partial charge is 0.396 e. The number of rotatable bonds is 5. The van der Waals surface area contributed by atoms with Crippen molar-refractivity contribution in [1.29, 1.82) is 0 Å². The van der Waals surface area contributed by atoms with Crippen LogP contribution in [0.4, 0.5) is 13.2 Å². The fourth-order valence-electron chi connectivity index (χ4n) is 1.49. The lowest BCUT2D eigenvalue weighted by Crippen LogP contribution is -2.36. The van der Waals surface area contributed by atoms with E-state index in [1.165, 1.54) is 6.92 Å². The molecule has 6 nitrogen and oxygen atoms in total. The summed E-state index contributed by atoms with van der Waals surface area (Å²) in [6.45, 7) is 0.622. The van der Waals surface area contributed by atoms with E-state index in [0.29, 0.717) is 6.07 Å². The maximum Gasteiger partial charge on any atom is 0.396 e. The molecule has 0 unspecified atom stereocenters.